The lowest BCUT2D eigenvalue weighted by Crippen LogP contribution is -2.05. The van der Waals surface area contributed by atoms with Gasteiger partial charge in [0.1, 0.15) is 6.61 Å². The largest absolute Gasteiger partial charge is 0.457 e. The van der Waals surface area contributed by atoms with E-state index in [0.717, 1.165) is 0 Å². The molecule has 0 aliphatic heterocycles. The normalized spacial score (nSPS) is 10.2. The zero-order valence-electron chi connectivity index (χ0n) is 10.6. The van der Waals surface area contributed by atoms with E-state index in [9.17, 15) is 14.9 Å². The molecule has 0 heterocycles. The predicted octanol–water partition coefficient (Wildman–Crippen LogP) is 4.26. The number of halogens is 2. The van der Waals surface area contributed by atoms with Gasteiger partial charge in [-0.3, -0.25) is 10.1 Å². The van der Waals surface area contributed by atoms with Gasteiger partial charge >= 0.3 is 5.97 Å². The molecule has 0 bridgehead atoms. The molecule has 7 heteroatoms. The van der Waals surface area contributed by atoms with Gasteiger partial charge < -0.3 is 4.74 Å². The van der Waals surface area contributed by atoms with E-state index in [-0.39, 0.29) is 17.9 Å². The minimum atomic E-state index is -0.587. The van der Waals surface area contributed by atoms with E-state index < -0.39 is 10.9 Å². The number of non-ortho nitro benzene ring substituents is 1. The minimum Gasteiger partial charge on any atom is -0.457 e. The van der Waals surface area contributed by atoms with Crippen LogP contribution in [0.25, 0.3) is 0 Å². The molecule has 0 atom stereocenters. The monoisotopic (exact) mass is 325 g/mol. The van der Waals surface area contributed by atoms with Crippen molar-refractivity contribution in [2.24, 2.45) is 0 Å². The number of hydrogen-bond donors (Lipinski definition) is 0. The molecule has 2 aromatic rings. The van der Waals surface area contributed by atoms with Crippen molar-refractivity contribution in [1.82, 2.24) is 0 Å². The molecule has 0 unspecified atom stereocenters. The third-order valence-electron chi connectivity index (χ3n) is 2.69. The van der Waals surface area contributed by atoms with Crippen LogP contribution in [-0.4, -0.2) is 10.9 Å². The summed E-state index contributed by atoms with van der Waals surface area (Å²) in [5.41, 5.74) is 0.759. The van der Waals surface area contributed by atoms with E-state index in [1.165, 1.54) is 24.3 Å². The Bertz CT molecular complexity index is 686. The van der Waals surface area contributed by atoms with E-state index in [1.807, 2.05) is 0 Å². The molecule has 0 aromatic heterocycles. The molecule has 0 saturated heterocycles. The number of nitrogens with zero attached hydrogens (tertiary/aromatic N) is 1. The highest BCUT2D eigenvalue weighted by Gasteiger charge is 2.11. The van der Waals surface area contributed by atoms with Crippen LogP contribution in [0.1, 0.15) is 15.9 Å². The van der Waals surface area contributed by atoms with Crippen molar-refractivity contribution in [3.05, 3.63) is 73.8 Å². The Kier molecular flexibility index (Phi) is 4.77. The lowest BCUT2D eigenvalue weighted by atomic mass is 10.2. The lowest BCUT2D eigenvalue weighted by Gasteiger charge is -2.07. The van der Waals surface area contributed by atoms with E-state index in [2.05, 4.69) is 0 Å². The van der Waals surface area contributed by atoms with Gasteiger partial charge in [-0.25, -0.2) is 4.79 Å². The summed E-state index contributed by atoms with van der Waals surface area (Å²) in [6, 6.07) is 10.0. The Labute approximate surface area is 130 Å². The molecule has 0 fully saturated rings. The Balaban J connectivity index is 2.02. The average molecular weight is 326 g/mol. The maximum Gasteiger partial charge on any atom is 0.338 e. The molecule has 0 aliphatic rings. The predicted molar refractivity (Wildman–Crippen MR) is 78.7 cm³/mol. The molecule has 2 aromatic carbocycles. The number of carbonyl (C=O) groups is 1. The Morgan fingerprint density at radius 1 is 1.14 bits per heavy atom. The fourth-order valence-electron chi connectivity index (χ4n) is 1.58. The van der Waals surface area contributed by atoms with E-state index in [4.69, 9.17) is 27.9 Å². The summed E-state index contributed by atoms with van der Waals surface area (Å²) < 4.78 is 5.10. The van der Waals surface area contributed by atoms with E-state index in [1.54, 1.807) is 18.2 Å². The third-order valence-corrected chi connectivity index (χ3v) is 3.27. The molecular weight excluding hydrogens is 317 g/mol. The number of esters is 1. The lowest BCUT2D eigenvalue weighted by molar-refractivity contribution is -0.384. The highest BCUT2D eigenvalue weighted by atomic mass is 35.5. The summed E-state index contributed by atoms with van der Waals surface area (Å²) in [7, 11) is 0. The average Bonchev–Trinajstić information content (AvgIpc) is 2.46. The highest BCUT2D eigenvalue weighted by Crippen LogP contribution is 2.22. The molecule has 0 aliphatic carbocycles. The number of benzene rings is 2. The standard InChI is InChI=1S/C14H9Cl2NO4/c15-11-4-1-10(13(16)7-11)8-21-14(18)9-2-5-12(6-3-9)17(19)20/h1-7H,8H2. The maximum atomic E-state index is 11.8. The van der Waals surface area contributed by atoms with Gasteiger partial charge in [-0.05, 0) is 24.3 Å². The molecule has 5 nitrogen and oxygen atoms in total. The van der Waals surface area contributed by atoms with E-state index >= 15 is 0 Å². The molecule has 0 N–H and O–H groups in total. The molecule has 108 valence electrons. The Hall–Kier alpha value is -2.11. The molecule has 2 rings (SSSR count). The number of hydrogen-bond acceptors (Lipinski definition) is 4. The molecule has 0 radical (unpaired) electrons. The van der Waals surface area contributed by atoms with Crippen LogP contribution in [0.3, 0.4) is 0 Å². The zero-order chi connectivity index (χ0) is 15.4. The van der Waals surface area contributed by atoms with Gasteiger partial charge in [0, 0.05) is 27.7 Å². The van der Waals surface area contributed by atoms with Crippen LogP contribution < -0.4 is 0 Å². The molecular formula is C14H9Cl2NO4. The van der Waals surface area contributed by atoms with Gasteiger partial charge in [0.2, 0.25) is 0 Å². The summed E-state index contributed by atoms with van der Waals surface area (Å²) in [5, 5.41) is 11.4. The summed E-state index contributed by atoms with van der Waals surface area (Å²) in [6.45, 7) is -0.00811. The maximum absolute atomic E-state index is 11.8. The fourth-order valence-corrected chi connectivity index (χ4v) is 2.05. The first-order valence-electron chi connectivity index (χ1n) is 5.83. The highest BCUT2D eigenvalue weighted by molar-refractivity contribution is 6.35. The number of nitro benzene ring substituents is 1. The van der Waals surface area contributed by atoms with Crippen LogP contribution in [-0.2, 0) is 11.3 Å². The van der Waals surface area contributed by atoms with E-state index in [0.29, 0.717) is 15.6 Å². The van der Waals surface area contributed by atoms with Gasteiger partial charge in [-0.1, -0.05) is 29.3 Å². The zero-order valence-corrected chi connectivity index (χ0v) is 12.1. The molecule has 0 amide bonds. The molecule has 0 saturated carbocycles. The molecule has 0 spiro atoms. The first kappa shape index (κ1) is 15.3. The van der Waals surface area contributed by atoms with Gasteiger partial charge in [0.15, 0.2) is 0 Å². The van der Waals surface area contributed by atoms with Crippen molar-refractivity contribution in [3.8, 4) is 0 Å². The van der Waals surface area contributed by atoms with Crippen LogP contribution in [0.15, 0.2) is 42.5 Å². The first-order valence-corrected chi connectivity index (χ1v) is 6.58. The number of nitro groups is 1. The second-order valence-corrected chi connectivity index (χ2v) is 4.96. The second kappa shape index (κ2) is 6.56. The van der Waals surface area contributed by atoms with Crippen LogP contribution in [0, 0.1) is 10.1 Å². The van der Waals surface area contributed by atoms with Crippen molar-refractivity contribution >= 4 is 34.9 Å². The van der Waals surface area contributed by atoms with Gasteiger partial charge in [-0.2, -0.15) is 0 Å². The van der Waals surface area contributed by atoms with Crippen LogP contribution in [0.4, 0.5) is 5.69 Å². The second-order valence-electron chi connectivity index (χ2n) is 4.12. The summed E-state index contributed by atoms with van der Waals surface area (Å²) in [5.74, 6) is -0.587. The van der Waals surface area contributed by atoms with Crippen LogP contribution in [0.2, 0.25) is 10.0 Å². The molecule has 21 heavy (non-hydrogen) atoms. The Morgan fingerprint density at radius 3 is 2.38 bits per heavy atom. The number of carbonyl (C=O) groups excluding carboxylic acids is 1. The topological polar surface area (TPSA) is 69.4 Å². The Morgan fingerprint density at radius 2 is 1.81 bits per heavy atom. The smallest absolute Gasteiger partial charge is 0.338 e. The number of ether oxygens (including phenoxy) is 1. The summed E-state index contributed by atoms with van der Waals surface area (Å²) in [4.78, 5) is 21.8. The minimum absolute atomic E-state index is 0.00811. The van der Waals surface area contributed by atoms with Gasteiger partial charge in [0.05, 0.1) is 10.5 Å². The number of rotatable bonds is 4. The van der Waals surface area contributed by atoms with Crippen molar-refractivity contribution in [1.29, 1.82) is 0 Å². The quantitative estimate of drug-likeness (QED) is 0.478. The first-order chi connectivity index (χ1) is 9.97. The van der Waals surface area contributed by atoms with Crippen molar-refractivity contribution < 1.29 is 14.5 Å². The van der Waals surface area contributed by atoms with Gasteiger partial charge in [0.25, 0.3) is 5.69 Å². The SMILES string of the molecule is O=C(OCc1ccc(Cl)cc1Cl)c1ccc([N+](=O)[O-])cc1. The van der Waals surface area contributed by atoms with Crippen LogP contribution in [0.5, 0.6) is 0 Å². The van der Waals surface area contributed by atoms with Crippen molar-refractivity contribution in [3.63, 3.8) is 0 Å². The van der Waals surface area contributed by atoms with Crippen molar-refractivity contribution in [2.75, 3.05) is 0 Å². The van der Waals surface area contributed by atoms with Crippen LogP contribution >= 0.6 is 23.2 Å². The van der Waals surface area contributed by atoms with Crippen molar-refractivity contribution in [2.45, 2.75) is 6.61 Å². The fraction of sp³-hybridized carbons (Fsp3) is 0.0714. The summed E-state index contributed by atoms with van der Waals surface area (Å²) in [6.07, 6.45) is 0. The van der Waals surface area contributed by atoms with Gasteiger partial charge in [-0.15, -0.1) is 0 Å². The third kappa shape index (κ3) is 3.93. The summed E-state index contributed by atoms with van der Waals surface area (Å²) >= 11 is 11.7.